The van der Waals surface area contributed by atoms with Crippen LogP contribution in [0, 0.1) is 6.92 Å². The monoisotopic (exact) mass is 386 g/mol. The van der Waals surface area contributed by atoms with Gasteiger partial charge in [-0.25, -0.2) is 4.98 Å². The molecule has 0 spiro atoms. The third-order valence-corrected chi connectivity index (χ3v) is 7.92. The van der Waals surface area contributed by atoms with E-state index >= 15 is 0 Å². The highest BCUT2D eigenvalue weighted by atomic mass is 28.3. The number of nitrogens with one attached hydrogen (secondary N) is 1. The van der Waals surface area contributed by atoms with Gasteiger partial charge in [-0.1, -0.05) is 64.2 Å². The van der Waals surface area contributed by atoms with Crippen LogP contribution in [0.3, 0.4) is 0 Å². The van der Waals surface area contributed by atoms with E-state index in [1.807, 2.05) is 0 Å². The van der Waals surface area contributed by atoms with Crippen LogP contribution in [0.2, 0.25) is 19.6 Å². The van der Waals surface area contributed by atoms with Gasteiger partial charge >= 0.3 is 0 Å². The molecule has 1 N–H and O–H groups in total. The van der Waals surface area contributed by atoms with Gasteiger partial charge in [0.25, 0.3) is 0 Å². The quantitative estimate of drug-likeness (QED) is 0.394. The average Bonchev–Trinajstić information content (AvgIpc) is 2.62. The summed E-state index contributed by atoms with van der Waals surface area (Å²) in [4.78, 5) is 10.0. The predicted octanol–water partition coefficient (Wildman–Crippen LogP) is 5.96. The molecular formula is C22H38N4Si. The van der Waals surface area contributed by atoms with Crippen LogP contribution >= 0.6 is 0 Å². The zero-order chi connectivity index (χ0) is 19.3. The maximum atomic E-state index is 5.33. The summed E-state index contributed by atoms with van der Waals surface area (Å²) in [5.41, 5.74) is 1.05. The largest absolute Gasteiger partial charge is 0.367 e. The summed E-state index contributed by atoms with van der Waals surface area (Å²) >= 11 is 0. The normalized spacial score (nSPS) is 20.5. The first kappa shape index (κ1) is 20.4. The third-order valence-electron chi connectivity index (χ3n) is 5.90. The van der Waals surface area contributed by atoms with Crippen molar-refractivity contribution in [1.82, 2.24) is 9.55 Å². The average molecular weight is 387 g/mol. The first-order chi connectivity index (χ1) is 12.9. The van der Waals surface area contributed by atoms with E-state index < -0.39 is 8.24 Å². The Hall–Kier alpha value is -1.36. The number of nitrogens with zero attached hydrogens (tertiary/aromatic N) is 3. The Labute approximate surface area is 167 Å². The summed E-state index contributed by atoms with van der Waals surface area (Å²) in [6, 6.07) is 7.31. The zero-order valence-electron chi connectivity index (χ0n) is 17.8. The first-order valence-electron chi connectivity index (χ1n) is 11.0. The molecule has 1 heterocycles. The highest BCUT2D eigenvalue weighted by Crippen LogP contribution is 2.29. The van der Waals surface area contributed by atoms with Gasteiger partial charge in [0.1, 0.15) is 5.82 Å². The highest BCUT2D eigenvalue weighted by molar-refractivity contribution is 6.75. The summed E-state index contributed by atoms with van der Waals surface area (Å²) < 4.78 is 2.71. The van der Waals surface area contributed by atoms with E-state index in [9.17, 15) is 0 Å². The molecule has 2 aliphatic carbocycles. The summed E-state index contributed by atoms with van der Waals surface area (Å²) in [5, 5.41) is 3.67. The van der Waals surface area contributed by atoms with Gasteiger partial charge in [-0.15, -0.1) is 0 Å². The van der Waals surface area contributed by atoms with Crippen molar-refractivity contribution in [2.75, 3.05) is 5.32 Å². The van der Waals surface area contributed by atoms with Crippen LogP contribution in [0.25, 0.3) is 0 Å². The van der Waals surface area contributed by atoms with Gasteiger partial charge in [-0.05, 0) is 44.7 Å². The third kappa shape index (κ3) is 5.80. The SMILES string of the molecule is Cc1cccc(NC(=NC2CCCCC2)N(C2CCCCC2)[Si](C)(C)C)n1. The molecule has 2 saturated carbocycles. The topological polar surface area (TPSA) is 40.5 Å². The fourth-order valence-corrected chi connectivity index (χ4v) is 6.75. The number of guanidine groups is 1. The molecule has 0 bridgehead atoms. The van der Waals surface area contributed by atoms with Crippen molar-refractivity contribution in [2.24, 2.45) is 4.99 Å². The summed E-state index contributed by atoms with van der Waals surface area (Å²) in [6.07, 6.45) is 13.2. The Kier molecular flexibility index (Phi) is 6.96. The van der Waals surface area contributed by atoms with Crippen molar-refractivity contribution in [2.45, 2.75) is 103 Å². The molecule has 0 unspecified atom stereocenters. The Morgan fingerprint density at radius 3 is 2.22 bits per heavy atom. The second kappa shape index (κ2) is 9.22. The molecular weight excluding hydrogens is 348 g/mol. The maximum Gasteiger partial charge on any atom is 0.191 e. The molecule has 5 heteroatoms. The van der Waals surface area contributed by atoms with Crippen LogP contribution in [0.5, 0.6) is 0 Å². The fraction of sp³-hybridized carbons (Fsp3) is 0.727. The minimum atomic E-state index is -1.58. The van der Waals surface area contributed by atoms with Gasteiger partial charge in [0, 0.05) is 11.7 Å². The Morgan fingerprint density at radius 1 is 1.00 bits per heavy atom. The lowest BCUT2D eigenvalue weighted by molar-refractivity contribution is 0.319. The van der Waals surface area contributed by atoms with Crippen molar-refractivity contribution < 1.29 is 0 Å². The summed E-state index contributed by atoms with van der Waals surface area (Å²) in [6.45, 7) is 9.44. The molecule has 0 radical (unpaired) electrons. The van der Waals surface area contributed by atoms with E-state index in [1.165, 1.54) is 64.2 Å². The minimum absolute atomic E-state index is 0.466. The number of aryl methyl sites for hydroxylation is 1. The summed E-state index contributed by atoms with van der Waals surface area (Å²) in [7, 11) is -1.58. The van der Waals surface area contributed by atoms with Crippen molar-refractivity contribution in [3.63, 3.8) is 0 Å². The van der Waals surface area contributed by atoms with E-state index in [-0.39, 0.29) is 0 Å². The van der Waals surface area contributed by atoms with Gasteiger partial charge < -0.3 is 9.88 Å². The van der Waals surface area contributed by atoms with Crippen molar-refractivity contribution in [3.8, 4) is 0 Å². The molecule has 0 amide bonds. The Bertz CT molecular complexity index is 625. The number of hydrogen-bond acceptors (Lipinski definition) is 2. The van der Waals surface area contributed by atoms with Gasteiger partial charge in [0.2, 0.25) is 0 Å². The van der Waals surface area contributed by atoms with Crippen molar-refractivity contribution in [1.29, 1.82) is 0 Å². The van der Waals surface area contributed by atoms with Crippen LogP contribution in [0.4, 0.5) is 5.82 Å². The molecule has 0 saturated heterocycles. The van der Waals surface area contributed by atoms with Crippen LogP contribution < -0.4 is 5.32 Å². The molecule has 2 aliphatic rings. The van der Waals surface area contributed by atoms with E-state index in [1.54, 1.807) is 0 Å². The number of aromatic nitrogens is 1. The van der Waals surface area contributed by atoms with Crippen LogP contribution in [-0.2, 0) is 0 Å². The van der Waals surface area contributed by atoms with Crippen molar-refractivity contribution >= 4 is 20.0 Å². The molecule has 2 fully saturated rings. The van der Waals surface area contributed by atoms with Crippen LogP contribution in [0.15, 0.2) is 23.2 Å². The lowest BCUT2D eigenvalue weighted by Gasteiger charge is -2.45. The van der Waals surface area contributed by atoms with E-state index in [2.05, 4.69) is 54.6 Å². The molecule has 4 nitrogen and oxygen atoms in total. The number of rotatable bonds is 4. The molecule has 1 aromatic heterocycles. The lowest BCUT2D eigenvalue weighted by atomic mass is 9.95. The fourth-order valence-electron chi connectivity index (χ4n) is 4.64. The predicted molar refractivity (Wildman–Crippen MR) is 119 cm³/mol. The maximum absolute atomic E-state index is 5.33. The van der Waals surface area contributed by atoms with E-state index in [4.69, 9.17) is 9.98 Å². The Morgan fingerprint density at radius 2 is 1.63 bits per heavy atom. The molecule has 0 atom stereocenters. The van der Waals surface area contributed by atoms with E-state index in [0.717, 1.165) is 17.5 Å². The molecule has 0 aliphatic heterocycles. The highest BCUT2D eigenvalue weighted by Gasteiger charge is 2.35. The molecule has 0 aromatic carbocycles. The Balaban J connectivity index is 1.92. The smallest absolute Gasteiger partial charge is 0.191 e. The number of aliphatic imine (C=N–C) groups is 1. The zero-order valence-corrected chi connectivity index (χ0v) is 18.8. The minimum Gasteiger partial charge on any atom is -0.367 e. The molecule has 3 rings (SSSR count). The van der Waals surface area contributed by atoms with Gasteiger partial charge in [-0.3, -0.25) is 4.99 Å². The molecule has 27 heavy (non-hydrogen) atoms. The number of hydrogen-bond donors (Lipinski definition) is 1. The van der Waals surface area contributed by atoms with Gasteiger partial charge in [-0.2, -0.15) is 0 Å². The van der Waals surface area contributed by atoms with Crippen LogP contribution in [-0.4, -0.2) is 35.8 Å². The van der Waals surface area contributed by atoms with E-state index in [0.29, 0.717) is 12.1 Å². The lowest BCUT2D eigenvalue weighted by Crippen LogP contribution is -2.58. The van der Waals surface area contributed by atoms with Crippen LogP contribution in [0.1, 0.15) is 69.9 Å². The molecule has 1 aromatic rings. The second-order valence-corrected chi connectivity index (χ2v) is 14.2. The van der Waals surface area contributed by atoms with Gasteiger partial charge in [0.15, 0.2) is 14.2 Å². The van der Waals surface area contributed by atoms with Crippen molar-refractivity contribution in [3.05, 3.63) is 23.9 Å². The first-order valence-corrected chi connectivity index (χ1v) is 14.5. The second-order valence-electron chi connectivity index (χ2n) is 9.37. The standard InChI is InChI=1S/C22H38N4Si/c1-18-12-11-17-21(23-18)25-22(24-19-13-7-5-8-14-19)26(27(2,3)4)20-15-9-6-10-16-20/h11-12,17,19-20H,5-10,13-16H2,1-4H3,(H,23,24,25). The number of anilines is 1. The van der Waals surface area contributed by atoms with Gasteiger partial charge in [0.05, 0.1) is 6.04 Å². The molecule has 150 valence electrons. The number of pyridine rings is 1. The summed E-state index contributed by atoms with van der Waals surface area (Å²) in [5.74, 6) is 2.04.